The summed E-state index contributed by atoms with van der Waals surface area (Å²) in [6, 6.07) is 9.58. The first kappa shape index (κ1) is 19.3. The molecule has 2 aromatic rings. The summed E-state index contributed by atoms with van der Waals surface area (Å²) in [5, 5.41) is 0.381. The third-order valence-electron chi connectivity index (χ3n) is 4.53. The number of methoxy groups -OCH3 is 1. The average molecular weight is 393 g/mol. The summed E-state index contributed by atoms with van der Waals surface area (Å²) in [6.07, 6.45) is 0. The van der Waals surface area contributed by atoms with E-state index in [9.17, 15) is 9.18 Å². The molecular formula is C20H22ClFN2O3. The van der Waals surface area contributed by atoms with Crippen molar-refractivity contribution in [1.29, 1.82) is 0 Å². The van der Waals surface area contributed by atoms with Crippen molar-refractivity contribution in [2.24, 2.45) is 0 Å². The van der Waals surface area contributed by atoms with Crippen LogP contribution in [0.1, 0.15) is 17.3 Å². The van der Waals surface area contributed by atoms with E-state index in [1.807, 2.05) is 6.92 Å². The molecule has 3 rings (SSSR count). The molecule has 1 aliphatic heterocycles. The van der Waals surface area contributed by atoms with Gasteiger partial charge in [0.2, 0.25) is 0 Å². The molecule has 1 aliphatic rings. The fourth-order valence-electron chi connectivity index (χ4n) is 3.15. The lowest BCUT2D eigenvalue weighted by atomic mass is 10.1. The average Bonchev–Trinajstić information content (AvgIpc) is 2.68. The number of halogens is 2. The van der Waals surface area contributed by atoms with Crippen molar-refractivity contribution in [2.75, 3.05) is 44.8 Å². The normalized spacial score (nSPS) is 14.2. The highest BCUT2D eigenvalue weighted by Crippen LogP contribution is 2.30. The highest BCUT2D eigenvalue weighted by Gasteiger charge is 2.24. The standard InChI is InChI=1S/C20H22ClFN2O3/c1-3-27-18-7-4-14(12-19(18)26-2)20(25)24-10-8-23(9-11-24)17-6-5-15(22)13-16(17)21/h4-7,12-13H,3,8-11H2,1-2H3. The molecule has 0 unspecified atom stereocenters. The topological polar surface area (TPSA) is 42.0 Å². The minimum atomic E-state index is -0.359. The molecule has 0 aromatic heterocycles. The number of amides is 1. The van der Waals surface area contributed by atoms with Crippen LogP contribution in [0.15, 0.2) is 36.4 Å². The van der Waals surface area contributed by atoms with E-state index in [-0.39, 0.29) is 11.7 Å². The lowest BCUT2D eigenvalue weighted by Gasteiger charge is -2.36. The number of hydrogen-bond donors (Lipinski definition) is 0. The smallest absolute Gasteiger partial charge is 0.254 e. The molecule has 1 fully saturated rings. The maximum atomic E-state index is 13.2. The van der Waals surface area contributed by atoms with E-state index in [4.69, 9.17) is 21.1 Å². The summed E-state index contributed by atoms with van der Waals surface area (Å²) in [4.78, 5) is 16.7. The largest absolute Gasteiger partial charge is 0.493 e. The Hall–Kier alpha value is -2.47. The minimum absolute atomic E-state index is 0.0544. The number of piperazine rings is 1. The number of hydrogen-bond acceptors (Lipinski definition) is 4. The Labute approximate surface area is 163 Å². The molecule has 0 spiro atoms. The summed E-state index contributed by atoms with van der Waals surface area (Å²) in [5.74, 6) is 0.745. The van der Waals surface area contributed by atoms with Gasteiger partial charge in [0.1, 0.15) is 5.82 Å². The van der Waals surface area contributed by atoms with Gasteiger partial charge in [-0.3, -0.25) is 4.79 Å². The van der Waals surface area contributed by atoms with E-state index < -0.39 is 0 Å². The van der Waals surface area contributed by atoms with Gasteiger partial charge in [-0.1, -0.05) is 11.6 Å². The highest BCUT2D eigenvalue weighted by molar-refractivity contribution is 6.33. The molecule has 0 saturated carbocycles. The molecule has 27 heavy (non-hydrogen) atoms. The van der Waals surface area contributed by atoms with Crippen LogP contribution >= 0.6 is 11.6 Å². The number of benzene rings is 2. The molecule has 144 valence electrons. The number of carbonyl (C=O) groups is 1. The summed E-state index contributed by atoms with van der Waals surface area (Å²) < 4.78 is 24.1. The van der Waals surface area contributed by atoms with Crippen LogP contribution in [0, 0.1) is 5.82 Å². The van der Waals surface area contributed by atoms with E-state index in [1.54, 1.807) is 36.3 Å². The Kier molecular flexibility index (Phi) is 6.06. The molecule has 5 nitrogen and oxygen atoms in total. The summed E-state index contributed by atoms with van der Waals surface area (Å²) >= 11 is 6.14. The second-order valence-corrected chi connectivity index (χ2v) is 6.58. The summed E-state index contributed by atoms with van der Waals surface area (Å²) in [7, 11) is 1.55. The van der Waals surface area contributed by atoms with Crippen LogP contribution in [0.5, 0.6) is 11.5 Å². The van der Waals surface area contributed by atoms with E-state index in [0.29, 0.717) is 54.9 Å². The Balaban J connectivity index is 1.68. The zero-order valence-corrected chi connectivity index (χ0v) is 16.1. The van der Waals surface area contributed by atoms with Crippen molar-refractivity contribution in [3.05, 3.63) is 52.8 Å². The fraction of sp³-hybridized carbons (Fsp3) is 0.350. The van der Waals surface area contributed by atoms with Crippen molar-refractivity contribution in [2.45, 2.75) is 6.92 Å². The van der Waals surface area contributed by atoms with Crippen molar-refractivity contribution < 1.29 is 18.7 Å². The van der Waals surface area contributed by atoms with Crippen molar-refractivity contribution in [1.82, 2.24) is 4.90 Å². The molecule has 1 amide bonds. The highest BCUT2D eigenvalue weighted by atomic mass is 35.5. The molecule has 0 atom stereocenters. The van der Waals surface area contributed by atoms with Crippen LogP contribution in [-0.2, 0) is 0 Å². The SMILES string of the molecule is CCOc1ccc(C(=O)N2CCN(c3ccc(F)cc3Cl)CC2)cc1OC. The van der Waals surface area contributed by atoms with Gasteiger partial charge in [-0.05, 0) is 43.3 Å². The fourth-order valence-corrected chi connectivity index (χ4v) is 3.43. The number of rotatable bonds is 5. The molecule has 0 radical (unpaired) electrons. The van der Waals surface area contributed by atoms with Gasteiger partial charge in [-0.25, -0.2) is 4.39 Å². The Morgan fingerprint density at radius 3 is 2.48 bits per heavy atom. The maximum Gasteiger partial charge on any atom is 0.254 e. The van der Waals surface area contributed by atoms with E-state index in [0.717, 1.165) is 5.69 Å². The third-order valence-corrected chi connectivity index (χ3v) is 4.83. The molecule has 1 heterocycles. The van der Waals surface area contributed by atoms with Crippen LogP contribution in [0.25, 0.3) is 0 Å². The van der Waals surface area contributed by atoms with Gasteiger partial charge >= 0.3 is 0 Å². The van der Waals surface area contributed by atoms with Crippen LogP contribution in [0.4, 0.5) is 10.1 Å². The lowest BCUT2D eigenvalue weighted by Crippen LogP contribution is -2.48. The predicted octanol–water partition coefficient (Wildman–Crippen LogP) is 3.85. The monoisotopic (exact) mass is 392 g/mol. The summed E-state index contributed by atoms with van der Waals surface area (Å²) in [5.41, 5.74) is 1.34. The van der Waals surface area contributed by atoms with E-state index in [2.05, 4.69) is 4.90 Å². The Morgan fingerprint density at radius 2 is 1.85 bits per heavy atom. The number of nitrogens with zero attached hydrogens (tertiary/aromatic N) is 2. The first-order valence-electron chi connectivity index (χ1n) is 8.83. The van der Waals surface area contributed by atoms with Crippen LogP contribution in [0.3, 0.4) is 0 Å². The van der Waals surface area contributed by atoms with E-state index >= 15 is 0 Å². The molecule has 1 saturated heterocycles. The summed E-state index contributed by atoms with van der Waals surface area (Å²) in [6.45, 7) is 4.80. The molecule has 7 heteroatoms. The van der Waals surface area contributed by atoms with Gasteiger partial charge in [-0.2, -0.15) is 0 Å². The Bertz CT molecular complexity index is 823. The number of carbonyl (C=O) groups excluding carboxylic acids is 1. The predicted molar refractivity (Wildman–Crippen MR) is 104 cm³/mol. The zero-order valence-electron chi connectivity index (χ0n) is 15.4. The van der Waals surface area contributed by atoms with Gasteiger partial charge in [0, 0.05) is 31.7 Å². The number of anilines is 1. The number of ether oxygens (including phenoxy) is 2. The third kappa shape index (κ3) is 4.27. The van der Waals surface area contributed by atoms with Crippen LogP contribution < -0.4 is 14.4 Å². The van der Waals surface area contributed by atoms with Gasteiger partial charge in [0.05, 0.1) is 24.4 Å². The lowest BCUT2D eigenvalue weighted by molar-refractivity contribution is 0.0746. The van der Waals surface area contributed by atoms with Crippen molar-refractivity contribution in [3.63, 3.8) is 0 Å². The first-order chi connectivity index (χ1) is 13.0. The molecular weight excluding hydrogens is 371 g/mol. The molecule has 0 bridgehead atoms. The van der Waals surface area contributed by atoms with Gasteiger partial charge in [0.15, 0.2) is 11.5 Å². The second kappa shape index (κ2) is 8.48. The van der Waals surface area contributed by atoms with Gasteiger partial charge in [-0.15, -0.1) is 0 Å². The maximum absolute atomic E-state index is 13.2. The van der Waals surface area contributed by atoms with Gasteiger partial charge in [0.25, 0.3) is 5.91 Å². The van der Waals surface area contributed by atoms with Crippen molar-refractivity contribution >= 4 is 23.2 Å². The quantitative estimate of drug-likeness (QED) is 0.775. The van der Waals surface area contributed by atoms with E-state index in [1.165, 1.54) is 12.1 Å². The first-order valence-corrected chi connectivity index (χ1v) is 9.21. The zero-order chi connectivity index (χ0) is 19.4. The minimum Gasteiger partial charge on any atom is -0.493 e. The van der Waals surface area contributed by atoms with Crippen molar-refractivity contribution in [3.8, 4) is 11.5 Å². The Morgan fingerprint density at radius 1 is 1.11 bits per heavy atom. The van der Waals surface area contributed by atoms with Gasteiger partial charge < -0.3 is 19.3 Å². The molecule has 2 aromatic carbocycles. The molecule has 0 N–H and O–H groups in total. The molecule has 0 aliphatic carbocycles. The van der Waals surface area contributed by atoms with Crippen LogP contribution in [-0.4, -0.2) is 50.7 Å². The second-order valence-electron chi connectivity index (χ2n) is 6.17. The van der Waals surface area contributed by atoms with Crippen LogP contribution in [0.2, 0.25) is 5.02 Å².